The summed E-state index contributed by atoms with van der Waals surface area (Å²) >= 11 is 0. The first-order valence-electron chi connectivity index (χ1n) is 10.9. The summed E-state index contributed by atoms with van der Waals surface area (Å²) in [7, 11) is 1.35. The van der Waals surface area contributed by atoms with Crippen molar-refractivity contribution in [2.45, 2.75) is 38.3 Å². The first-order valence-corrected chi connectivity index (χ1v) is 10.9. The van der Waals surface area contributed by atoms with Gasteiger partial charge in [-0.1, -0.05) is 18.6 Å². The quantitative estimate of drug-likeness (QED) is 0.639. The van der Waals surface area contributed by atoms with Gasteiger partial charge in [-0.05, 0) is 68.3 Å². The predicted molar refractivity (Wildman–Crippen MR) is 120 cm³/mol. The van der Waals surface area contributed by atoms with Gasteiger partial charge in [-0.15, -0.1) is 0 Å². The third-order valence-electron chi connectivity index (χ3n) is 5.74. The highest BCUT2D eigenvalue weighted by Crippen LogP contribution is 2.20. The number of ether oxygens (including phenoxy) is 2. The van der Waals surface area contributed by atoms with E-state index in [9.17, 15) is 9.59 Å². The average Bonchev–Trinajstić information content (AvgIpc) is 2.84. The number of piperidine rings is 1. The number of nitrogens with one attached hydrogen (secondary N) is 1. The topological polar surface area (TPSA) is 91.7 Å². The number of carbonyl (C=O) groups excluding carboxylic acids is 2. The van der Waals surface area contributed by atoms with Crippen molar-refractivity contribution in [1.82, 2.24) is 10.2 Å². The fraction of sp³-hybridized carbons (Fsp3) is 0.400. The molecule has 168 valence electrons. The minimum absolute atomic E-state index is 0.00705. The highest BCUT2D eigenvalue weighted by atomic mass is 16.5. The third-order valence-corrected chi connectivity index (χ3v) is 5.74. The molecule has 1 fully saturated rings. The zero-order chi connectivity index (χ0) is 22.9. The summed E-state index contributed by atoms with van der Waals surface area (Å²) in [6.07, 6.45) is 2.90. The largest absolute Gasteiger partial charge is 0.492 e. The first kappa shape index (κ1) is 23.3. The van der Waals surface area contributed by atoms with Crippen LogP contribution in [0.2, 0.25) is 0 Å². The maximum absolute atomic E-state index is 13.0. The average molecular weight is 436 g/mol. The van der Waals surface area contributed by atoms with Gasteiger partial charge in [-0.25, -0.2) is 4.79 Å². The van der Waals surface area contributed by atoms with E-state index in [0.717, 1.165) is 31.4 Å². The van der Waals surface area contributed by atoms with Crippen LogP contribution in [0.25, 0.3) is 0 Å². The SMILES string of the molecule is COC(=O)c1ccc([C@H](C)NC(=O)[C@H]2CCCCN2CCOc2ccc(C#N)cc2)cc1. The van der Waals surface area contributed by atoms with Crippen LogP contribution in [0.3, 0.4) is 0 Å². The smallest absolute Gasteiger partial charge is 0.337 e. The Morgan fingerprint density at radius 3 is 2.53 bits per heavy atom. The molecular formula is C25H29N3O4. The summed E-state index contributed by atoms with van der Waals surface area (Å²) in [5, 5.41) is 12.0. The van der Waals surface area contributed by atoms with Crippen LogP contribution in [0, 0.1) is 11.3 Å². The van der Waals surface area contributed by atoms with Gasteiger partial charge in [-0.3, -0.25) is 9.69 Å². The van der Waals surface area contributed by atoms with Crippen LogP contribution in [0.4, 0.5) is 0 Å². The highest BCUT2D eigenvalue weighted by Gasteiger charge is 2.29. The van der Waals surface area contributed by atoms with Crippen LogP contribution in [-0.2, 0) is 9.53 Å². The van der Waals surface area contributed by atoms with E-state index in [-0.39, 0.29) is 24.0 Å². The lowest BCUT2D eigenvalue weighted by Crippen LogP contribution is -2.51. The maximum atomic E-state index is 13.0. The number of esters is 1. The van der Waals surface area contributed by atoms with Gasteiger partial charge in [-0.2, -0.15) is 5.26 Å². The Kier molecular flexibility index (Phi) is 8.23. The zero-order valence-corrected chi connectivity index (χ0v) is 18.5. The summed E-state index contributed by atoms with van der Waals surface area (Å²) in [5.74, 6) is 0.341. The van der Waals surface area contributed by atoms with Gasteiger partial charge in [0, 0.05) is 6.54 Å². The fourth-order valence-corrected chi connectivity index (χ4v) is 3.88. The van der Waals surface area contributed by atoms with E-state index in [4.69, 9.17) is 14.7 Å². The van der Waals surface area contributed by atoms with E-state index >= 15 is 0 Å². The van der Waals surface area contributed by atoms with Gasteiger partial charge in [0.05, 0.1) is 36.4 Å². The molecule has 0 bridgehead atoms. The third kappa shape index (κ3) is 6.08. The molecule has 1 heterocycles. The fourth-order valence-electron chi connectivity index (χ4n) is 3.88. The van der Waals surface area contributed by atoms with E-state index in [1.807, 2.05) is 19.1 Å². The van der Waals surface area contributed by atoms with Crippen LogP contribution >= 0.6 is 0 Å². The molecule has 7 heteroatoms. The predicted octanol–water partition coefficient (Wildman–Crippen LogP) is 3.46. The van der Waals surface area contributed by atoms with Crippen molar-refractivity contribution in [3.63, 3.8) is 0 Å². The summed E-state index contributed by atoms with van der Waals surface area (Å²) in [6, 6.07) is 15.8. The lowest BCUT2D eigenvalue weighted by molar-refractivity contribution is -0.128. The van der Waals surface area contributed by atoms with Crippen molar-refractivity contribution < 1.29 is 19.1 Å². The second kappa shape index (κ2) is 11.3. The van der Waals surface area contributed by atoms with Crippen LogP contribution in [0.15, 0.2) is 48.5 Å². The van der Waals surface area contributed by atoms with Crippen LogP contribution < -0.4 is 10.1 Å². The van der Waals surface area contributed by atoms with Crippen molar-refractivity contribution in [2.24, 2.45) is 0 Å². The molecule has 1 aliphatic rings. The molecule has 2 aromatic carbocycles. The van der Waals surface area contributed by atoms with Gasteiger partial charge >= 0.3 is 5.97 Å². The molecule has 0 radical (unpaired) electrons. The maximum Gasteiger partial charge on any atom is 0.337 e. The Morgan fingerprint density at radius 2 is 1.88 bits per heavy atom. The molecule has 1 aliphatic heterocycles. The Balaban J connectivity index is 1.53. The van der Waals surface area contributed by atoms with E-state index in [1.54, 1.807) is 36.4 Å². The number of carbonyl (C=O) groups is 2. The molecule has 7 nitrogen and oxygen atoms in total. The van der Waals surface area contributed by atoms with Gasteiger partial charge in [0.2, 0.25) is 5.91 Å². The van der Waals surface area contributed by atoms with Crippen LogP contribution in [0.5, 0.6) is 5.75 Å². The molecule has 0 saturated carbocycles. The Hall–Kier alpha value is -3.37. The number of hydrogen-bond donors (Lipinski definition) is 1. The number of likely N-dealkylation sites (tertiary alicyclic amines) is 1. The summed E-state index contributed by atoms with van der Waals surface area (Å²) in [5.41, 5.74) is 2.01. The minimum Gasteiger partial charge on any atom is -0.492 e. The molecule has 1 N–H and O–H groups in total. The molecule has 32 heavy (non-hydrogen) atoms. The Morgan fingerprint density at radius 1 is 1.16 bits per heavy atom. The van der Waals surface area contributed by atoms with E-state index in [2.05, 4.69) is 16.3 Å². The van der Waals surface area contributed by atoms with E-state index in [1.165, 1.54) is 7.11 Å². The lowest BCUT2D eigenvalue weighted by Gasteiger charge is -2.35. The molecule has 0 aliphatic carbocycles. The van der Waals surface area contributed by atoms with Gasteiger partial charge in [0.25, 0.3) is 0 Å². The molecule has 0 unspecified atom stereocenters. The molecular weight excluding hydrogens is 406 g/mol. The molecule has 0 aromatic heterocycles. The van der Waals surface area contributed by atoms with Gasteiger partial charge in [0.15, 0.2) is 0 Å². The molecule has 3 rings (SSSR count). The second-order valence-corrected chi connectivity index (χ2v) is 7.88. The summed E-state index contributed by atoms with van der Waals surface area (Å²) in [4.78, 5) is 26.8. The van der Waals surface area contributed by atoms with Gasteiger partial charge < -0.3 is 14.8 Å². The highest BCUT2D eigenvalue weighted by molar-refractivity contribution is 5.89. The number of amides is 1. The van der Waals surface area contributed by atoms with Crippen LogP contribution in [0.1, 0.15) is 53.7 Å². The number of methoxy groups -OCH3 is 1. The number of hydrogen-bond acceptors (Lipinski definition) is 6. The number of benzene rings is 2. The normalized spacial score (nSPS) is 17.1. The van der Waals surface area contributed by atoms with Crippen molar-refractivity contribution >= 4 is 11.9 Å². The van der Waals surface area contributed by atoms with E-state index in [0.29, 0.717) is 30.0 Å². The lowest BCUT2D eigenvalue weighted by atomic mass is 10.00. The van der Waals surface area contributed by atoms with Crippen molar-refractivity contribution in [3.05, 3.63) is 65.2 Å². The summed E-state index contributed by atoms with van der Waals surface area (Å²) < 4.78 is 10.5. The molecule has 0 spiro atoms. The van der Waals surface area contributed by atoms with E-state index < -0.39 is 0 Å². The minimum atomic E-state index is -0.380. The van der Waals surface area contributed by atoms with Crippen molar-refractivity contribution in [3.8, 4) is 11.8 Å². The molecule has 1 amide bonds. The van der Waals surface area contributed by atoms with Crippen LogP contribution in [-0.4, -0.2) is 49.6 Å². The van der Waals surface area contributed by atoms with Crippen molar-refractivity contribution in [1.29, 1.82) is 5.26 Å². The molecule has 1 saturated heterocycles. The monoisotopic (exact) mass is 435 g/mol. The van der Waals surface area contributed by atoms with Crippen molar-refractivity contribution in [2.75, 3.05) is 26.8 Å². The second-order valence-electron chi connectivity index (χ2n) is 7.88. The zero-order valence-electron chi connectivity index (χ0n) is 18.5. The standard InChI is InChI=1S/C25H29N3O4/c1-18(20-8-10-21(11-9-20)25(30)31-2)27-24(29)23-5-3-4-14-28(23)15-16-32-22-12-6-19(17-26)7-13-22/h6-13,18,23H,3-5,14-16H2,1-2H3,(H,27,29)/t18-,23+/m0/s1. The number of nitrogens with zero attached hydrogens (tertiary/aromatic N) is 2. The number of rotatable bonds is 8. The summed E-state index contributed by atoms with van der Waals surface area (Å²) in [6.45, 7) is 3.92. The number of nitriles is 1. The Labute approximate surface area is 188 Å². The Bertz CT molecular complexity index is 951. The molecule has 2 aromatic rings. The first-order chi connectivity index (χ1) is 15.5. The molecule has 2 atom stereocenters. The van der Waals surface area contributed by atoms with Gasteiger partial charge in [0.1, 0.15) is 12.4 Å².